The summed E-state index contributed by atoms with van der Waals surface area (Å²) in [5.74, 6) is 3.45. The van der Waals surface area contributed by atoms with E-state index in [0.717, 1.165) is 49.4 Å². The quantitative estimate of drug-likeness (QED) is 0.391. The molecule has 4 aliphatic rings. The van der Waals surface area contributed by atoms with Crippen LogP contribution in [0.25, 0.3) is 0 Å². The topological polar surface area (TPSA) is 52.6 Å². The molecule has 0 saturated heterocycles. The van der Waals surface area contributed by atoms with Crippen molar-refractivity contribution >= 4 is 11.9 Å². The van der Waals surface area contributed by atoms with Crippen molar-refractivity contribution in [1.29, 1.82) is 0 Å². The van der Waals surface area contributed by atoms with Crippen molar-refractivity contribution in [3.63, 3.8) is 0 Å². The number of esters is 2. The van der Waals surface area contributed by atoms with Crippen LogP contribution in [0.1, 0.15) is 91.9 Å². The van der Waals surface area contributed by atoms with Crippen LogP contribution in [0.4, 0.5) is 0 Å². The second-order valence-corrected chi connectivity index (χ2v) is 11.6. The molecular weight excluding hydrogens is 388 g/mol. The van der Waals surface area contributed by atoms with E-state index >= 15 is 0 Å². The molecule has 3 fully saturated rings. The normalized spacial score (nSPS) is 42.5. The zero-order chi connectivity index (χ0) is 22.4. The van der Waals surface area contributed by atoms with E-state index in [4.69, 9.17) is 9.47 Å². The molecule has 4 heteroatoms. The summed E-state index contributed by atoms with van der Waals surface area (Å²) in [5, 5.41) is 0. The summed E-state index contributed by atoms with van der Waals surface area (Å²) in [6.07, 6.45) is 13.7. The summed E-state index contributed by atoms with van der Waals surface area (Å²) in [7, 11) is 1.49. The fourth-order valence-corrected chi connectivity index (χ4v) is 8.59. The molecule has 0 aromatic heterocycles. The molecular formula is C27H42O4. The first kappa shape index (κ1) is 22.9. The number of allylic oxidation sites excluding steroid dienone is 1. The maximum absolute atomic E-state index is 11.7. The van der Waals surface area contributed by atoms with Gasteiger partial charge in [0, 0.05) is 19.8 Å². The molecule has 3 saturated carbocycles. The van der Waals surface area contributed by atoms with Gasteiger partial charge in [0.25, 0.3) is 0 Å². The first-order chi connectivity index (χ1) is 14.7. The van der Waals surface area contributed by atoms with Crippen LogP contribution in [0.15, 0.2) is 11.6 Å². The molecule has 0 unspecified atom stereocenters. The average Bonchev–Trinajstić information content (AvgIpc) is 3.09. The summed E-state index contributed by atoms with van der Waals surface area (Å²) < 4.78 is 10.5. The molecule has 0 amide bonds. The van der Waals surface area contributed by atoms with Gasteiger partial charge in [0.2, 0.25) is 0 Å². The Labute approximate surface area is 188 Å². The Bertz CT molecular complexity index is 742. The lowest BCUT2D eigenvalue weighted by atomic mass is 9.47. The number of ether oxygens (including phenoxy) is 2. The third kappa shape index (κ3) is 3.97. The number of carbonyl (C=O) groups excluding carboxylic acids is 2. The molecule has 0 N–H and O–H groups in total. The van der Waals surface area contributed by atoms with Crippen LogP contribution < -0.4 is 0 Å². The first-order valence-electron chi connectivity index (χ1n) is 12.6. The lowest BCUT2D eigenvalue weighted by Crippen LogP contribution is -2.51. The first-order valence-corrected chi connectivity index (χ1v) is 12.6. The van der Waals surface area contributed by atoms with Crippen LogP contribution in [0.5, 0.6) is 0 Å². The van der Waals surface area contributed by atoms with E-state index in [2.05, 4.69) is 26.8 Å². The number of rotatable bonds is 5. The Hall–Kier alpha value is -1.32. The van der Waals surface area contributed by atoms with Gasteiger partial charge >= 0.3 is 11.9 Å². The average molecular weight is 431 g/mol. The predicted octanol–water partition coefficient (Wildman–Crippen LogP) is 6.09. The standard InChI is InChI=1S/C27H42O4/c1-17(6-11-25(29)30-5)22-9-10-23-21-8-7-19-16-20(31-18(2)28)12-14-26(19,3)24(21)13-15-27(22,23)4/h7,17,20-24H,6,8-16H2,1-5H3/t17-,20-,21-,22-,23-,24-,26-,27+/m0/s1. The second kappa shape index (κ2) is 8.56. The van der Waals surface area contributed by atoms with Crippen molar-refractivity contribution in [2.75, 3.05) is 7.11 Å². The van der Waals surface area contributed by atoms with Crippen molar-refractivity contribution in [3.05, 3.63) is 11.6 Å². The van der Waals surface area contributed by atoms with Crippen molar-refractivity contribution in [2.45, 2.75) is 98.0 Å². The highest BCUT2D eigenvalue weighted by atomic mass is 16.5. The van der Waals surface area contributed by atoms with Crippen molar-refractivity contribution < 1.29 is 19.1 Å². The number of hydrogen-bond donors (Lipinski definition) is 0. The van der Waals surface area contributed by atoms with E-state index in [-0.39, 0.29) is 23.5 Å². The predicted molar refractivity (Wildman–Crippen MR) is 121 cm³/mol. The van der Waals surface area contributed by atoms with Gasteiger partial charge in [-0.2, -0.15) is 0 Å². The van der Waals surface area contributed by atoms with Gasteiger partial charge in [-0.15, -0.1) is 0 Å². The van der Waals surface area contributed by atoms with E-state index in [1.807, 2.05) is 0 Å². The summed E-state index contributed by atoms with van der Waals surface area (Å²) in [5.41, 5.74) is 2.26. The van der Waals surface area contributed by atoms with Gasteiger partial charge in [0.05, 0.1) is 7.11 Å². The number of methoxy groups -OCH3 is 1. The molecule has 31 heavy (non-hydrogen) atoms. The molecule has 4 aliphatic carbocycles. The third-order valence-electron chi connectivity index (χ3n) is 10.2. The van der Waals surface area contributed by atoms with Crippen LogP contribution in [0.2, 0.25) is 0 Å². The summed E-state index contributed by atoms with van der Waals surface area (Å²) in [6.45, 7) is 8.97. The molecule has 0 radical (unpaired) electrons. The van der Waals surface area contributed by atoms with Gasteiger partial charge in [0.15, 0.2) is 0 Å². The molecule has 0 heterocycles. The van der Waals surface area contributed by atoms with E-state index < -0.39 is 0 Å². The second-order valence-electron chi connectivity index (χ2n) is 11.6. The summed E-state index contributed by atoms with van der Waals surface area (Å²) >= 11 is 0. The highest BCUT2D eigenvalue weighted by Gasteiger charge is 2.59. The van der Waals surface area contributed by atoms with E-state index in [0.29, 0.717) is 17.8 Å². The minimum absolute atomic E-state index is 0.0718. The zero-order valence-corrected chi connectivity index (χ0v) is 20.2. The zero-order valence-electron chi connectivity index (χ0n) is 20.2. The van der Waals surface area contributed by atoms with E-state index in [1.165, 1.54) is 46.1 Å². The Morgan fingerprint density at radius 1 is 1.13 bits per heavy atom. The molecule has 0 spiro atoms. The van der Waals surface area contributed by atoms with Gasteiger partial charge in [-0.25, -0.2) is 0 Å². The highest BCUT2D eigenvalue weighted by molar-refractivity contribution is 5.69. The molecule has 0 aliphatic heterocycles. The van der Waals surface area contributed by atoms with Gasteiger partial charge in [-0.1, -0.05) is 32.4 Å². The Balaban J connectivity index is 1.48. The van der Waals surface area contributed by atoms with Crippen LogP contribution >= 0.6 is 0 Å². The van der Waals surface area contributed by atoms with Crippen LogP contribution in [-0.4, -0.2) is 25.2 Å². The lowest BCUT2D eigenvalue weighted by molar-refractivity contribution is -0.148. The maximum atomic E-state index is 11.7. The van der Waals surface area contributed by atoms with Gasteiger partial charge in [0.1, 0.15) is 6.10 Å². The summed E-state index contributed by atoms with van der Waals surface area (Å²) in [6, 6.07) is 0. The fourth-order valence-electron chi connectivity index (χ4n) is 8.59. The van der Waals surface area contributed by atoms with E-state index in [1.54, 1.807) is 5.57 Å². The SMILES string of the molecule is COC(=O)CC[C@H](C)[C@@H]1CC[C@H]2[C@@H]3CC=C4C[C@@H](OC(C)=O)CC[C@]4(C)[C@H]3CC[C@@]21C. The van der Waals surface area contributed by atoms with Gasteiger partial charge in [-0.3, -0.25) is 9.59 Å². The molecule has 8 atom stereocenters. The van der Waals surface area contributed by atoms with Crippen LogP contribution in [0, 0.1) is 40.4 Å². The van der Waals surface area contributed by atoms with E-state index in [9.17, 15) is 9.59 Å². The Kier molecular flexibility index (Phi) is 6.31. The maximum Gasteiger partial charge on any atom is 0.305 e. The fraction of sp³-hybridized carbons (Fsp3) is 0.852. The number of hydrogen-bond acceptors (Lipinski definition) is 4. The van der Waals surface area contributed by atoms with Crippen molar-refractivity contribution in [2.24, 2.45) is 40.4 Å². The number of carbonyl (C=O) groups is 2. The molecule has 0 aromatic carbocycles. The van der Waals surface area contributed by atoms with Crippen molar-refractivity contribution in [3.8, 4) is 0 Å². The Morgan fingerprint density at radius 2 is 1.90 bits per heavy atom. The molecule has 174 valence electrons. The number of fused-ring (bicyclic) bond motifs is 5. The third-order valence-corrected chi connectivity index (χ3v) is 10.2. The minimum Gasteiger partial charge on any atom is -0.469 e. The molecule has 4 nitrogen and oxygen atoms in total. The molecule has 0 aromatic rings. The monoisotopic (exact) mass is 430 g/mol. The Morgan fingerprint density at radius 3 is 2.61 bits per heavy atom. The lowest BCUT2D eigenvalue weighted by Gasteiger charge is -2.58. The van der Waals surface area contributed by atoms with Crippen LogP contribution in [0.3, 0.4) is 0 Å². The molecule has 4 rings (SSSR count). The molecule has 0 bridgehead atoms. The van der Waals surface area contributed by atoms with Gasteiger partial charge in [-0.05, 0) is 91.8 Å². The smallest absolute Gasteiger partial charge is 0.305 e. The highest BCUT2D eigenvalue weighted by Crippen LogP contribution is 2.67. The van der Waals surface area contributed by atoms with Crippen molar-refractivity contribution in [1.82, 2.24) is 0 Å². The van der Waals surface area contributed by atoms with Gasteiger partial charge < -0.3 is 9.47 Å². The van der Waals surface area contributed by atoms with Crippen LogP contribution in [-0.2, 0) is 19.1 Å². The largest absolute Gasteiger partial charge is 0.469 e. The minimum atomic E-state index is -0.144. The summed E-state index contributed by atoms with van der Waals surface area (Å²) in [4.78, 5) is 23.1.